The molecule has 0 aromatic heterocycles. The van der Waals surface area contributed by atoms with Gasteiger partial charge < -0.3 is 9.47 Å². The lowest BCUT2D eigenvalue weighted by molar-refractivity contribution is -0.148. The van der Waals surface area contributed by atoms with Crippen LogP contribution in [0.4, 0.5) is 0 Å². The maximum absolute atomic E-state index is 11.7. The van der Waals surface area contributed by atoms with Gasteiger partial charge in [-0.1, -0.05) is 0 Å². The Bertz CT molecular complexity index is 420. The summed E-state index contributed by atoms with van der Waals surface area (Å²) in [5.74, 6) is -1.09. The molecule has 5 heteroatoms. The molecule has 0 N–H and O–H groups in total. The van der Waals surface area contributed by atoms with Crippen molar-refractivity contribution in [3.05, 3.63) is 11.1 Å². The smallest absolute Gasteiger partial charge is 0.348 e. The number of ether oxygens (including phenoxy) is 2. The van der Waals surface area contributed by atoms with Crippen LogP contribution in [0.15, 0.2) is 11.1 Å². The first-order valence-corrected chi connectivity index (χ1v) is 6.59. The molecule has 1 aliphatic rings. The van der Waals surface area contributed by atoms with E-state index in [0.29, 0.717) is 25.0 Å². The number of carbonyl (C=O) groups excluding carboxylic acids is 2. The zero-order valence-electron chi connectivity index (χ0n) is 11.4. The molecule has 0 saturated heterocycles. The Morgan fingerprint density at radius 3 is 2.58 bits per heavy atom. The van der Waals surface area contributed by atoms with Crippen LogP contribution in [-0.2, 0) is 19.1 Å². The Kier molecular flexibility index (Phi) is 6.07. The van der Waals surface area contributed by atoms with Crippen molar-refractivity contribution in [2.45, 2.75) is 39.5 Å². The van der Waals surface area contributed by atoms with Gasteiger partial charge in [-0.25, -0.2) is 4.79 Å². The highest BCUT2D eigenvalue weighted by atomic mass is 16.5. The Hall–Kier alpha value is -1.83. The zero-order valence-corrected chi connectivity index (χ0v) is 11.4. The molecule has 0 aromatic rings. The fourth-order valence-electron chi connectivity index (χ4n) is 2.22. The van der Waals surface area contributed by atoms with Crippen molar-refractivity contribution in [2.75, 3.05) is 13.2 Å². The van der Waals surface area contributed by atoms with Gasteiger partial charge in [0.1, 0.15) is 11.6 Å². The lowest BCUT2D eigenvalue weighted by Gasteiger charge is -2.23. The molecule has 1 atom stereocenters. The number of hydrogen-bond donors (Lipinski definition) is 0. The van der Waals surface area contributed by atoms with Gasteiger partial charge in [-0.05, 0) is 45.1 Å². The Labute approximate surface area is 113 Å². The van der Waals surface area contributed by atoms with E-state index in [-0.39, 0.29) is 24.1 Å². The minimum Gasteiger partial charge on any atom is -0.466 e. The first-order valence-electron chi connectivity index (χ1n) is 6.59. The number of esters is 2. The van der Waals surface area contributed by atoms with Gasteiger partial charge in [0, 0.05) is 0 Å². The third kappa shape index (κ3) is 4.09. The second-order valence-electron chi connectivity index (χ2n) is 4.36. The molecular formula is C14H19NO4. The van der Waals surface area contributed by atoms with E-state index in [2.05, 4.69) is 0 Å². The van der Waals surface area contributed by atoms with Crippen molar-refractivity contribution < 1.29 is 19.1 Å². The van der Waals surface area contributed by atoms with E-state index in [1.54, 1.807) is 13.8 Å². The maximum atomic E-state index is 11.7. The molecule has 1 unspecified atom stereocenters. The number of hydrogen-bond acceptors (Lipinski definition) is 5. The molecule has 0 radical (unpaired) electrons. The fraction of sp³-hybridized carbons (Fsp3) is 0.643. The van der Waals surface area contributed by atoms with E-state index in [1.165, 1.54) is 0 Å². The molecule has 0 amide bonds. The molecule has 1 aliphatic carbocycles. The lowest BCUT2D eigenvalue weighted by atomic mass is 9.83. The van der Waals surface area contributed by atoms with Crippen LogP contribution >= 0.6 is 0 Å². The van der Waals surface area contributed by atoms with E-state index in [0.717, 1.165) is 12.8 Å². The summed E-state index contributed by atoms with van der Waals surface area (Å²) in [6, 6.07) is 1.90. The molecule has 0 aliphatic heterocycles. The van der Waals surface area contributed by atoms with Gasteiger partial charge in [0.15, 0.2) is 0 Å². The van der Waals surface area contributed by atoms with Crippen LogP contribution in [0.3, 0.4) is 0 Å². The number of rotatable bonds is 4. The predicted octanol–water partition coefficient (Wildman–Crippen LogP) is 2.12. The summed E-state index contributed by atoms with van der Waals surface area (Å²) in [7, 11) is 0. The molecule has 1 rings (SSSR count). The fourth-order valence-corrected chi connectivity index (χ4v) is 2.22. The molecular weight excluding hydrogens is 246 g/mol. The predicted molar refractivity (Wildman–Crippen MR) is 67.9 cm³/mol. The van der Waals surface area contributed by atoms with Crippen LogP contribution in [-0.4, -0.2) is 25.2 Å². The third-order valence-electron chi connectivity index (χ3n) is 3.09. The average Bonchev–Trinajstić information content (AvgIpc) is 2.40. The number of nitrogens with zero attached hydrogens (tertiary/aromatic N) is 1. The lowest BCUT2D eigenvalue weighted by Crippen LogP contribution is -2.23. The van der Waals surface area contributed by atoms with Crippen molar-refractivity contribution >= 4 is 11.9 Å². The highest BCUT2D eigenvalue weighted by Crippen LogP contribution is 2.31. The van der Waals surface area contributed by atoms with Crippen LogP contribution in [0.2, 0.25) is 0 Å². The van der Waals surface area contributed by atoms with Crippen molar-refractivity contribution in [2.24, 2.45) is 5.92 Å². The van der Waals surface area contributed by atoms with Crippen molar-refractivity contribution in [3.63, 3.8) is 0 Å². The van der Waals surface area contributed by atoms with E-state index in [1.807, 2.05) is 6.07 Å². The SMILES string of the molecule is CCOC(=O)C(C#N)=C1CCCC(C(=O)OCC)C1. The summed E-state index contributed by atoms with van der Waals surface area (Å²) in [5.41, 5.74) is 0.765. The van der Waals surface area contributed by atoms with Gasteiger partial charge in [0.25, 0.3) is 0 Å². The highest BCUT2D eigenvalue weighted by molar-refractivity contribution is 5.93. The Balaban J connectivity index is 2.84. The van der Waals surface area contributed by atoms with Gasteiger partial charge in [0.05, 0.1) is 19.1 Å². The molecule has 5 nitrogen and oxygen atoms in total. The molecule has 1 fully saturated rings. The first kappa shape index (κ1) is 15.2. The van der Waals surface area contributed by atoms with Crippen LogP contribution in [0.25, 0.3) is 0 Å². The van der Waals surface area contributed by atoms with Crippen LogP contribution in [0.1, 0.15) is 39.5 Å². The van der Waals surface area contributed by atoms with Gasteiger partial charge in [-0.2, -0.15) is 5.26 Å². The van der Waals surface area contributed by atoms with Crippen molar-refractivity contribution in [1.82, 2.24) is 0 Å². The minimum absolute atomic E-state index is 0.0517. The van der Waals surface area contributed by atoms with E-state index in [4.69, 9.17) is 14.7 Å². The zero-order chi connectivity index (χ0) is 14.3. The van der Waals surface area contributed by atoms with Crippen LogP contribution < -0.4 is 0 Å². The Morgan fingerprint density at radius 1 is 1.32 bits per heavy atom. The summed E-state index contributed by atoms with van der Waals surface area (Å²) in [6.07, 6.45) is 2.60. The average molecular weight is 265 g/mol. The van der Waals surface area contributed by atoms with E-state index >= 15 is 0 Å². The van der Waals surface area contributed by atoms with E-state index < -0.39 is 5.97 Å². The standard InChI is InChI=1S/C14H19NO4/c1-3-18-13(16)11-7-5-6-10(8-11)12(9-15)14(17)19-4-2/h11H,3-8H2,1-2H3. The topological polar surface area (TPSA) is 76.4 Å². The third-order valence-corrected chi connectivity index (χ3v) is 3.09. The largest absolute Gasteiger partial charge is 0.466 e. The summed E-state index contributed by atoms with van der Waals surface area (Å²) in [4.78, 5) is 23.4. The molecule has 0 aromatic carbocycles. The molecule has 0 heterocycles. The van der Waals surface area contributed by atoms with E-state index in [9.17, 15) is 9.59 Å². The van der Waals surface area contributed by atoms with Gasteiger partial charge in [-0.15, -0.1) is 0 Å². The summed E-state index contributed by atoms with van der Waals surface area (Å²) in [5, 5.41) is 9.08. The Morgan fingerprint density at radius 2 is 2.00 bits per heavy atom. The quantitative estimate of drug-likeness (QED) is 0.442. The molecule has 1 saturated carbocycles. The monoisotopic (exact) mass is 265 g/mol. The van der Waals surface area contributed by atoms with Crippen molar-refractivity contribution in [3.8, 4) is 6.07 Å². The summed E-state index contributed by atoms with van der Waals surface area (Å²) in [6.45, 7) is 4.03. The summed E-state index contributed by atoms with van der Waals surface area (Å²) < 4.78 is 9.85. The van der Waals surface area contributed by atoms with Gasteiger partial charge >= 0.3 is 11.9 Å². The van der Waals surface area contributed by atoms with Crippen molar-refractivity contribution in [1.29, 1.82) is 5.26 Å². The second kappa shape index (κ2) is 7.57. The second-order valence-corrected chi connectivity index (χ2v) is 4.36. The highest BCUT2D eigenvalue weighted by Gasteiger charge is 2.28. The summed E-state index contributed by atoms with van der Waals surface area (Å²) >= 11 is 0. The molecule has 19 heavy (non-hydrogen) atoms. The minimum atomic E-state index is -0.593. The van der Waals surface area contributed by atoms with Crippen LogP contribution in [0, 0.1) is 17.2 Å². The molecule has 104 valence electrons. The van der Waals surface area contributed by atoms with Crippen LogP contribution in [0.5, 0.6) is 0 Å². The normalized spacial score (nSPS) is 21.2. The number of nitriles is 1. The number of carbonyl (C=O) groups is 2. The maximum Gasteiger partial charge on any atom is 0.348 e. The molecule has 0 bridgehead atoms. The number of allylic oxidation sites excluding steroid dienone is 1. The van der Waals surface area contributed by atoms with Gasteiger partial charge in [0.2, 0.25) is 0 Å². The first-order chi connectivity index (χ1) is 9.13. The molecule has 0 spiro atoms. The van der Waals surface area contributed by atoms with Gasteiger partial charge in [-0.3, -0.25) is 4.79 Å².